The van der Waals surface area contributed by atoms with Crippen molar-refractivity contribution in [3.8, 4) is 11.4 Å². The maximum absolute atomic E-state index is 13.0. The molecule has 0 aliphatic heterocycles. The Bertz CT molecular complexity index is 1510. The first-order valence-corrected chi connectivity index (χ1v) is 11.8. The van der Waals surface area contributed by atoms with E-state index in [4.69, 9.17) is 27.9 Å². The maximum atomic E-state index is 13.0. The van der Waals surface area contributed by atoms with Crippen molar-refractivity contribution in [2.45, 2.75) is 13.8 Å². The number of halogens is 2. The van der Waals surface area contributed by atoms with Gasteiger partial charge in [-0.05, 0) is 67.9 Å². The molecule has 1 N–H and O–H groups in total. The lowest BCUT2D eigenvalue weighted by atomic mass is 10.1. The van der Waals surface area contributed by atoms with Gasteiger partial charge in [-0.25, -0.2) is 0 Å². The minimum Gasteiger partial charge on any atom is -0.494 e. The van der Waals surface area contributed by atoms with Crippen LogP contribution in [0.4, 0.5) is 5.69 Å². The monoisotopic (exact) mass is 496 g/mol. The highest BCUT2D eigenvalue weighted by atomic mass is 35.5. The van der Waals surface area contributed by atoms with Gasteiger partial charge in [-0.3, -0.25) is 4.79 Å². The summed E-state index contributed by atoms with van der Waals surface area (Å²) in [5, 5.41) is 13.9. The zero-order valence-corrected chi connectivity index (χ0v) is 20.1. The number of benzene rings is 3. The highest BCUT2D eigenvalue weighted by Crippen LogP contribution is 2.37. The van der Waals surface area contributed by atoms with Gasteiger partial charge in [0.25, 0.3) is 5.91 Å². The fourth-order valence-electron chi connectivity index (χ4n) is 3.52. The molecule has 5 aromatic rings. The first kappa shape index (κ1) is 21.7. The number of rotatable bonds is 5. The van der Waals surface area contributed by atoms with Crippen LogP contribution in [0.2, 0.25) is 10.0 Å². The topological polar surface area (TPSA) is 69.0 Å². The van der Waals surface area contributed by atoms with Crippen molar-refractivity contribution in [2.75, 3.05) is 11.9 Å². The molecule has 5 rings (SSSR count). The first-order valence-electron chi connectivity index (χ1n) is 10.2. The molecule has 2 aromatic heterocycles. The lowest BCUT2D eigenvalue weighted by Crippen LogP contribution is -2.11. The summed E-state index contributed by atoms with van der Waals surface area (Å²) in [7, 11) is 0. The van der Waals surface area contributed by atoms with Crippen LogP contribution in [0.5, 0.6) is 5.75 Å². The lowest BCUT2D eigenvalue weighted by Gasteiger charge is -2.07. The Morgan fingerprint density at radius 1 is 1.06 bits per heavy atom. The zero-order chi connectivity index (χ0) is 23.1. The second kappa shape index (κ2) is 8.67. The molecule has 0 saturated carbocycles. The van der Waals surface area contributed by atoms with Gasteiger partial charge in [0.1, 0.15) is 21.7 Å². The molecule has 0 aliphatic rings. The van der Waals surface area contributed by atoms with Crippen molar-refractivity contribution in [3.05, 3.63) is 75.1 Å². The number of anilines is 1. The number of amides is 1. The van der Waals surface area contributed by atoms with E-state index in [9.17, 15) is 4.79 Å². The predicted molar refractivity (Wildman–Crippen MR) is 135 cm³/mol. The van der Waals surface area contributed by atoms with Crippen molar-refractivity contribution >= 4 is 67.3 Å². The Hall–Kier alpha value is -3.13. The summed E-state index contributed by atoms with van der Waals surface area (Å²) in [5.74, 6) is 0.514. The van der Waals surface area contributed by atoms with Gasteiger partial charge >= 0.3 is 0 Å². The predicted octanol–water partition coefficient (Wildman–Crippen LogP) is 6.90. The number of nitrogens with zero attached hydrogens (tertiary/aromatic N) is 3. The van der Waals surface area contributed by atoms with Crippen LogP contribution in [-0.2, 0) is 0 Å². The Morgan fingerprint density at radius 3 is 2.52 bits per heavy atom. The number of ether oxygens (including phenoxy) is 1. The number of fused-ring (bicyclic) bond motifs is 2. The molecule has 0 bridgehead atoms. The van der Waals surface area contributed by atoms with Crippen LogP contribution in [0.3, 0.4) is 0 Å². The number of hydrogen-bond donors (Lipinski definition) is 1. The van der Waals surface area contributed by atoms with Gasteiger partial charge in [-0.1, -0.05) is 29.3 Å². The molecule has 9 heteroatoms. The summed E-state index contributed by atoms with van der Waals surface area (Å²) in [6, 6.07) is 16.7. The van der Waals surface area contributed by atoms with E-state index >= 15 is 0 Å². The van der Waals surface area contributed by atoms with Crippen molar-refractivity contribution in [3.63, 3.8) is 0 Å². The van der Waals surface area contributed by atoms with Crippen molar-refractivity contribution in [1.82, 2.24) is 15.0 Å². The van der Waals surface area contributed by atoms with Crippen LogP contribution < -0.4 is 10.1 Å². The highest BCUT2D eigenvalue weighted by molar-refractivity contribution is 7.21. The highest BCUT2D eigenvalue weighted by Gasteiger charge is 2.19. The standard InChI is InChI=1S/C24H18Cl2N4O2S/c1-3-32-16-7-5-15(6-8-16)30-28-19-10-13(2)18(12-20(19)29-30)27-24(31)23-22(26)17-9-4-14(25)11-21(17)33-23/h4-12H,3H2,1-2H3,(H,27,31). The molecule has 0 atom stereocenters. The Balaban J connectivity index is 1.44. The molecule has 3 aromatic carbocycles. The molecule has 0 saturated heterocycles. The zero-order valence-electron chi connectivity index (χ0n) is 17.7. The molecule has 166 valence electrons. The second-order valence-electron chi connectivity index (χ2n) is 7.41. The number of carbonyl (C=O) groups excluding carboxylic acids is 1. The van der Waals surface area contributed by atoms with Crippen molar-refractivity contribution < 1.29 is 9.53 Å². The molecule has 2 heterocycles. The lowest BCUT2D eigenvalue weighted by molar-refractivity contribution is 0.103. The van der Waals surface area contributed by atoms with E-state index in [1.165, 1.54) is 11.3 Å². The molecule has 0 spiro atoms. The molecule has 0 unspecified atom stereocenters. The summed E-state index contributed by atoms with van der Waals surface area (Å²) in [6.45, 7) is 4.47. The van der Waals surface area contributed by atoms with E-state index in [0.29, 0.717) is 32.7 Å². The third-order valence-corrected chi connectivity index (χ3v) is 7.04. The number of nitrogens with one attached hydrogen (secondary N) is 1. The number of thiophene rings is 1. The van der Waals surface area contributed by atoms with Gasteiger partial charge in [0.05, 0.1) is 17.3 Å². The van der Waals surface area contributed by atoms with Gasteiger partial charge in [0, 0.05) is 20.8 Å². The smallest absolute Gasteiger partial charge is 0.267 e. The normalized spacial score (nSPS) is 11.3. The van der Waals surface area contributed by atoms with E-state index in [-0.39, 0.29) is 5.91 Å². The average molecular weight is 497 g/mol. The van der Waals surface area contributed by atoms with Gasteiger partial charge in [-0.2, -0.15) is 4.80 Å². The van der Waals surface area contributed by atoms with Crippen molar-refractivity contribution in [2.24, 2.45) is 0 Å². The third-order valence-electron chi connectivity index (χ3n) is 5.15. The average Bonchev–Trinajstić information content (AvgIpc) is 3.35. The van der Waals surface area contributed by atoms with Crippen LogP contribution >= 0.6 is 34.5 Å². The SMILES string of the molecule is CCOc1ccc(-n2nc3cc(C)c(NC(=O)c4sc5cc(Cl)ccc5c4Cl)cc3n2)cc1. The minimum absolute atomic E-state index is 0.279. The summed E-state index contributed by atoms with van der Waals surface area (Å²) in [5.41, 5.74) is 3.73. The number of aromatic nitrogens is 3. The molecular weight excluding hydrogens is 479 g/mol. The Labute approximate surface area is 203 Å². The Morgan fingerprint density at radius 2 is 1.79 bits per heavy atom. The minimum atomic E-state index is -0.279. The number of carbonyl (C=O) groups is 1. The van der Waals surface area contributed by atoms with Gasteiger partial charge < -0.3 is 10.1 Å². The molecule has 0 aliphatic carbocycles. The van der Waals surface area contributed by atoms with E-state index in [2.05, 4.69) is 15.5 Å². The summed E-state index contributed by atoms with van der Waals surface area (Å²) < 4.78 is 6.35. The van der Waals surface area contributed by atoms with Crippen LogP contribution in [0.25, 0.3) is 26.8 Å². The number of hydrogen-bond acceptors (Lipinski definition) is 5. The summed E-state index contributed by atoms with van der Waals surface area (Å²) in [6.07, 6.45) is 0. The molecule has 1 amide bonds. The van der Waals surface area contributed by atoms with Crippen LogP contribution in [-0.4, -0.2) is 27.5 Å². The van der Waals surface area contributed by atoms with Gasteiger partial charge in [0.15, 0.2) is 0 Å². The summed E-state index contributed by atoms with van der Waals surface area (Å²) in [4.78, 5) is 15.0. The largest absolute Gasteiger partial charge is 0.494 e. The van der Waals surface area contributed by atoms with E-state index in [1.54, 1.807) is 16.9 Å². The fraction of sp³-hybridized carbons (Fsp3) is 0.125. The van der Waals surface area contributed by atoms with E-state index in [1.807, 2.05) is 56.3 Å². The fourth-order valence-corrected chi connectivity index (χ4v) is 5.21. The molecular formula is C24H18Cl2N4O2S. The van der Waals surface area contributed by atoms with E-state index < -0.39 is 0 Å². The maximum Gasteiger partial charge on any atom is 0.267 e. The van der Waals surface area contributed by atoms with E-state index in [0.717, 1.165) is 32.6 Å². The van der Waals surface area contributed by atoms with Crippen LogP contribution in [0.15, 0.2) is 54.6 Å². The van der Waals surface area contributed by atoms with Gasteiger partial charge in [0.2, 0.25) is 0 Å². The Kier molecular flexibility index (Phi) is 5.70. The molecule has 6 nitrogen and oxygen atoms in total. The quantitative estimate of drug-likeness (QED) is 0.287. The number of aryl methyl sites for hydroxylation is 1. The van der Waals surface area contributed by atoms with Crippen molar-refractivity contribution in [1.29, 1.82) is 0 Å². The summed E-state index contributed by atoms with van der Waals surface area (Å²) >= 11 is 13.9. The molecule has 0 fully saturated rings. The van der Waals surface area contributed by atoms with Crippen LogP contribution in [0.1, 0.15) is 22.2 Å². The van der Waals surface area contributed by atoms with Crippen LogP contribution in [0, 0.1) is 6.92 Å². The second-order valence-corrected chi connectivity index (χ2v) is 9.28. The molecule has 0 radical (unpaired) electrons. The first-order chi connectivity index (χ1) is 15.9. The van der Waals surface area contributed by atoms with Gasteiger partial charge in [-0.15, -0.1) is 21.5 Å². The molecule has 33 heavy (non-hydrogen) atoms. The third kappa shape index (κ3) is 4.15.